The average molecular weight is 371 g/mol. The number of anilines is 1. The van der Waals surface area contributed by atoms with Gasteiger partial charge in [-0.2, -0.15) is 0 Å². The van der Waals surface area contributed by atoms with Gasteiger partial charge < -0.3 is 4.90 Å². The molecule has 2 aromatic carbocycles. The van der Waals surface area contributed by atoms with E-state index in [1.54, 1.807) is 30.3 Å². The zero-order valence-electron chi connectivity index (χ0n) is 14.4. The second-order valence-corrected chi connectivity index (χ2v) is 6.65. The molecule has 1 heterocycles. The highest BCUT2D eigenvalue weighted by Gasteiger charge is 2.43. The van der Waals surface area contributed by atoms with Gasteiger partial charge in [0.2, 0.25) is 11.8 Å². The molecule has 3 amide bonds. The average Bonchev–Trinajstić information content (AvgIpc) is 2.90. The van der Waals surface area contributed by atoms with E-state index in [1.165, 1.54) is 16.7 Å². The van der Waals surface area contributed by atoms with Gasteiger partial charge in [-0.05, 0) is 36.2 Å². The molecule has 1 saturated heterocycles. The van der Waals surface area contributed by atoms with E-state index in [9.17, 15) is 14.4 Å². The van der Waals surface area contributed by atoms with Crippen molar-refractivity contribution in [3.63, 3.8) is 0 Å². The van der Waals surface area contributed by atoms with Crippen molar-refractivity contribution in [3.05, 3.63) is 65.2 Å². The minimum absolute atomic E-state index is 0.00283. The van der Waals surface area contributed by atoms with E-state index >= 15 is 0 Å². The predicted molar refractivity (Wildman–Crippen MR) is 99.9 cm³/mol. The minimum Gasteiger partial charge on any atom is -0.330 e. The zero-order valence-corrected chi connectivity index (χ0v) is 15.1. The van der Waals surface area contributed by atoms with Crippen LogP contribution in [0.3, 0.4) is 0 Å². The van der Waals surface area contributed by atoms with Crippen LogP contribution < -0.4 is 4.90 Å². The van der Waals surface area contributed by atoms with Gasteiger partial charge in [0.25, 0.3) is 5.91 Å². The third kappa shape index (κ3) is 3.78. The summed E-state index contributed by atoms with van der Waals surface area (Å²) in [6.07, 6.45) is 0.562. The van der Waals surface area contributed by atoms with Crippen LogP contribution >= 0.6 is 11.6 Å². The topological polar surface area (TPSA) is 57.7 Å². The number of para-hydroxylation sites is 1. The maximum absolute atomic E-state index is 12.8. The largest absolute Gasteiger partial charge is 0.330 e. The summed E-state index contributed by atoms with van der Waals surface area (Å²) in [4.78, 5) is 40.0. The fourth-order valence-electron chi connectivity index (χ4n) is 3.18. The maximum Gasteiger partial charge on any atom is 0.257 e. The van der Waals surface area contributed by atoms with Crippen molar-refractivity contribution in [2.75, 3.05) is 11.4 Å². The maximum atomic E-state index is 12.8. The van der Waals surface area contributed by atoms with E-state index in [2.05, 4.69) is 0 Å². The Hall–Kier alpha value is -2.66. The Labute approximate surface area is 157 Å². The molecule has 5 nitrogen and oxygen atoms in total. The first-order valence-electron chi connectivity index (χ1n) is 8.41. The number of carbonyl (C=O) groups excluding carboxylic acids is 3. The quantitative estimate of drug-likeness (QED) is 0.760. The van der Waals surface area contributed by atoms with Gasteiger partial charge in [-0.15, -0.1) is 0 Å². The van der Waals surface area contributed by atoms with Crippen LogP contribution in [-0.4, -0.2) is 35.2 Å². The van der Waals surface area contributed by atoms with Crippen LogP contribution in [0.2, 0.25) is 5.02 Å². The van der Waals surface area contributed by atoms with Gasteiger partial charge in [0.05, 0.1) is 12.1 Å². The number of benzene rings is 2. The summed E-state index contributed by atoms with van der Waals surface area (Å²) in [5, 5.41) is 0.624. The van der Waals surface area contributed by atoms with Crippen molar-refractivity contribution in [3.8, 4) is 0 Å². The van der Waals surface area contributed by atoms with Crippen molar-refractivity contribution >= 4 is 35.0 Å². The first-order chi connectivity index (χ1) is 12.5. The van der Waals surface area contributed by atoms with Crippen LogP contribution in [0.1, 0.15) is 18.9 Å². The molecule has 6 heteroatoms. The summed E-state index contributed by atoms with van der Waals surface area (Å²) in [6, 6.07) is 15.4. The Kier molecular flexibility index (Phi) is 5.38. The van der Waals surface area contributed by atoms with Gasteiger partial charge in [-0.3, -0.25) is 14.4 Å². The van der Waals surface area contributed by atoms with E-state index in [0.717, 1.165) is 5.56 Å². The minimum atomic E-state index is -0.764. The van der Waals surface area contributed by atoms with Crippen molar-refractivity contribution in [1.82, 2.24) is 4.90 Å². The molecule has 0 bridgehead atoms. The van der Waals surface area contributed by atoms with E-state index in [-0.39, 0.29) is 24.1 Å². The molecule has 1 aliphatic heterocycles. The predicted octanol–water partition coefficient (Wildman–Crippen LogP) is 3.06. The molecule has 0 radical (unpaired) electrons. The van der Waals surface area contributed by atoms with Gasteiger partial charge >= 0.3 is 0 Å². The van der Waals surface area contributed by atoms with E-state index in [1.807, 2.05) is 24.3 Å². The van der Waals surface area contributed by atoms with Crippen LogP contribution in [-0.2, 0) is 20.8 Å². The molecule has 0 spiro atoms. The Balaban J connectivity index is 1.77. The molecular weight excluding hydrogens is 352 g/mol. The van der Waals surface area contributed by atoms with Crippen LogP contribution in [0.15, 0.2) is 54.6 Å². The van der Waals surface area contributed by atoms with Crippen molar-refractivity contribution in [2.24, 2.45) is 0 Å². The van der Waals surface area contributed by atoms with Crippen molar-refractivity contribution < 1.29 is 14.4 Å². The SMILES string of the molecule is CC(=O)N(CCc1cccc(Cl)c1)C1CC(=O)N(c2ccccc2)C1=O. The number of nitrogens with zero attached hydrogens (tertiary/aromatic N) is 2. The summed E-state index contributed by atoms with van der Waals surface area (Å²) < 4.78 is 0. The van der Waals surface area contributed by atoms with Gasteiger partial charge in [0.1, 0.15) is 6.04 Å². The number of imide groups is 1. The number of amides is 3. The summed E-state index contributed by atoms with van der Waals surface area (Å²) in [7, 11) is 0. The van der Waals surface area contributed by atoms with Gasteiger partial charge in [0, 0.05) is 18.5 Å². The molecule has 1 unspecified atom stereocenters. The molecule has 0 saturated carbocycles. The number of hydrogen-bond acceptors (Lipinski definition) is 3. The Morgan fingerprint density at radius 3 is 2.54 bits per heavy atom. The summed E-state index contributed by atoms with van der Waals surface area (Å²) in [5.41, 5.74) is 1.50. The summed E-state index contributed by atoms with van der Waals surface area (Å²) in [5.74, 6) is -0.879. The van der Waals surface area contributed by atoms with E-state index < -0.39 is 6.04 Å². The molecule has 1 atom stereocenters. The van der Waals surface area contributed by atoms with Gasteiger partial charge in [0.15, 0.2) is 0 Å². The number of hydrogen-bond donors (Lipinski definition) is 0. The van der Waals surface area contributed by atoms with Gasteiger partial charge in [-0.1, -0.05) is 41.9 Å². The van der Waals surface area contributed by atoms with E-state index in [0.29, 0.717) is 23.7 Å². The molecule has 2 aromatic rings. The Morgan fingerprint density at radius 1 is 1.15 bits per heavy atom. The molecule has 0 aromatic heterocycles. The normalized spacial score (nSPS) is 16.8. The van der Waals surface area contributed by atoms with Crippen molar-refractivity contribution in [2.45, 2.75) is 25.8 Å². The molecule has 26 heavy (non-hydrogen) atoms. The number of halogens is 1. The van der Waals surface area contributed by atoms with Crippen LogP contribution in [0.5, 0.6) is 0 Å². The van der Waals surface area contributed by atoms with Gasteiger partial charge in [-0.25, -0.2) is 4.90 Å². The number of carbonyl (C=O) groups is 3. The second-order valence-electron chi connectivity index (χ2n) is 6.22. The zero-order chi connectivity index (χ0) is 18.7. The third-order valence-corrected chi connectivity index (χ3v) is 4.68. The fourth-order valence-corrected chi connectivity index (χ4v) is 3.40. The Morgan fingerprint density at radius 2 is 1.88 bits per heavy atom. The highest BCUT2D eigenvalue weighted by molar-refractivity contribution is 6.30. The lowest BCUT2D eigenvalue weighted by Gasteiger charge is -2.26. The van der Waals surface area contributed by atoms with Crippen molar-refractivity contribution in [1.29, 1.82) is 0 Å². The lowest BCUT2D eigenvalue weighted by molar-refractivity contribution is -0.136. The summed E-state index contributed by atoms with van der Waals surface area (Å²) >= 11 is 5.99. The van der Waals surface area contributed by atoms with E-state index in [4.69, 9.17) is 11.6 Å². The standard InChI is InChI=1S/C20H19ClN2O3/c1-14(24)22(11-10-15-6-5-7-16(21)12-15)18-13-19(25)23(20(18)26)17-8-3-2-4-9-17/h2-9,12,18H,10-11,13H2,1H3. The van der Waals surface area contributed by atoms with Crippen LogP contribution in [0.25, 0.3) is 0 Å². The molecular formula is C20H19ClN2O3. The van der Waals surface area contributed by atoms with Crippen LogP contribution in [0, 0.1) is 0 Å². The Bertz CT molecular complexity index is 838. The molecule has 134 valence electrons. The molecule has 1 aliphatic rings. The smallest absolute Gasteiger partial charge is 0.257 e. The highest BCUT2D eigenvalue weighted by Crippen LogP contribution is 2.26. The highest BCUT2D eigenvalue weighted by atomic mass is 35.5. The van der Waals surface area contributed by atoms with Crippen LogP contribution in [0.4, 0.5) is 5.69 Å². The number of rotatable bonds is 5. The lowest BCUT2D eigenvalue weighted by Crippen LogP contribution is -2.45. The molecule has 3 rings (SSSR count). The first kappa shape index (κ1) is 18.1. The molecule has 1 fully saturated rings. The molecule has 0 N–H and O–H groups in total. The lowest BCUT2D eigenvalue weighted by atomic mass is 10.1. The first-order valence-corrected chi connectivity index (χ1v) is 8.78. The monoisotopic (exact) mass is 370 g/mol. The summed E-state index contributed by atoms with van der Waals surface area (Å²) in [6.45, 7) is 1.77. The second kappa shape index (κ2) is 7.70. The fraction of sp³-hybridized carbons (Fsp3) is 0.250. The molecule has 0 aliphatic carbocycles. The third-order valence-electron chi connectivity index (χ3n) is 4.45.